The average molecular weight is 390 g/mol. The van der Waals surface area contributed by atoms with Crippen molar-refractivity contribution in [2.75, 3.05) is 17.2 Å². The molecule has 3 amide bonds. The lowest BCUT2D eigenvalue weighted by Crippen LogP contribution is -2.32. The number of aliphatic hydroxyl groups is 1. The van der Waals surface area contributed by atoms with E-state index in [1.165, 1.54) is 12.3 Å². The van der Waals surface area contributed by atoms with Gasteiger partial charge in [-0.3, -0.25) is 4.79 Å². The SMILES string of the molecule is N#Cc1cccc(NC(=O)c2cccc(NC(=O)NCC(O)c3ccco3)c2)c1. The summed E-state index contributed by atoms with van der Waals surface area (Å²) in [5.41, 5.74) is 1.68. The summed E-state index contributed by atoms with van der Waals surface area (Å²) in [5, 5.41) is 26.7. The van der Waals surface area contributed by atoms with Gasteiger partial charge in [0.1, 0.15) is 11.9 Å². The number of furan rings is 1. The molecule has 3 rings (SSSR count). The Morgan fingerprint density at radius 2 is 1.79 bits per heavy atom. The molecule has 4 N–H and O–H groups in total. The molecule has 0 aliphatic carbocycles. The Morgan fingerprint density at radius 3 is 2.52 bits per heavy atom. The highest BCUT2D eigenvalue weighted by atomic mass is 16.4. The van der Waals surface area contributed by atoms with Crippen LogP contribution in [0.3, 0.4) is 0 Å². The van der Waals surface area contributed by atoms with Crippen LogP contribution in [0.15, 0.2) is 71.3 Å². The number of carbonyl (C=O) groups excluding carboxylic acids is 2. The van der Waals surface area contributed by atoms with E-state index >= 15 is 0 Å². The van der Waals surface area contributed by atoms with Crippen LogP contribution in [0.4, 0.5) is 16.2 Å². The molecule has 29 heavy (non-hydrogen) atoms. The van der Waals surface area contributed by atoms with Gasteiger partial charge < -0.3 is 25.5 Å². The maximum absolute atomic E-state index is 12.4. The minimum Gasteiger partial charge on any atom is -0.467 e. The quantitative estimate of drug-likeness (QED) is 0.514. The van der Waals surface area contributed by atoms with Crippen LogP contribution in [0.1, 0.15) is 27.8 Å². The first-order chi connectivity index (χ1) is 14.0. The van der Waals surface area contributed by atoms with Crippen LogP contribution in [0, 0.1) is 11.3 Å². The minimum atomic E-state index is -0.961. The molecule has 1 unspecified atom stereocenters. The molecule has 0 aliphatic heterocycles. The molecule has 2 aromatic carbocycles. The number of rotatable bonds is 6. The van der Waals surface area contributed by atoms with Crippen molar-refractivity contribution in [3.05, 3.63) is 83.8 Å². The monoisotopic (exact) mass is 390 g/mol. The van der Waals surface area contributed by atoms with Crippen LogP contribution in [0.5, 0.6) is 0 Å². The van der Waals surface area contributed by atoms with Gasteiger partial charge >= 0.3 is 6.03 Å². The van der Waals surface area contributed by atoms with E-state index in [9.17, 15) is 14.7 Å². The van der Waals surface area contributed by atoms with Crippen LogP contribution in [0.25, 0.3) is 0 Å². The second-order valence-corrected chi connectivity index (χ2v) is 6.09. The Kier molecular flexibility index (Phi) is 6.25. The summed E-state index contributed by atoms with van der Waals surface area (Å²) in [4.78, 5) is 24.5. The zero-order valence-electron chi connectivity index (χ0n) is 15.3. The third-order valence-electron chi connectivity index (χ3n) is 3.96. The van der Waals surface area contributed by atoms with E-state index in [0.29, 0.717) is 28.3 Å². The lowest BCUT2D eigenvalue weighted by atomic mass is 10.1. The fourth-order valence-corrected chi connectivity index (χ4v) is 2.55. The van der Waals surface area contributed by atoms with Crippen LogP contribution >= 0.6 is 0 Å². The fraction of sp³-hybridized carbons (Fsp3) is 0.0952. The molecule has 1 heterocycles. The zero-order chi connectivity index (χ0) is 20.6. The largest absolute Gasteiger partial charge is 0.467 e. The van der Waals surface area contributed by atoms with E-state index in [1.54, 1.807) is 54.6 Å². The maximum atomic E-state index is 12.4. The van der Waals surface area contributed by atoms with Crippen molar-refractivity contribution in [3.63, 3.8) is 0 Å². The number of aliphatic hydroxyl groups excluding tert-OH is 1. The number of hydrogen-bond donors (Lipinski definition) is 4. The Bertz CT molecular complexity index is 1040. The predicted octanol–water partition coefficient (Wildman–Crippen LogP) is 3.26. The summed E-state index contributed by atoms with van der Waals surface area (Å²) in [6, 6.07) is 17.7. The molecular weight excluding hydrogens is 372 g/mol. The highest BCUT2D eigenvalue weighted by Gasteiger charge is 2.13. The molecule has 0 spiro atoms. The van der Waals surface area contributed by atoms with Crippen LogP contribution in [0.2, 0.25) is 0 Å². The Hall–Kier alpha value is -4.09. The highest BCUT2D eigenvalue weighted by Crippen LogP contribution is 2.15. The normalized spacial score (nSPS) is 11.2. The van der Waals surface area contributed by atoms with E-state index in [4.69, 9.17) is 9.68 Å². The third-order valence-corrected chi connectivity index (χ3v) is 3.96. The van der Waals surface area contributed by atoms with Gasteiger partial charge in [0.15, 0.2) is 0 Å². The van der Waals surface area contributed by atoms with Crippen molar-refractivity contribution in [3.8, 4) is 6.07 Å². The van der Waals surface area contributed by atoms with Gasteiger partial charge in [-0.2, -0.15) is 5.26 Å². The molecule has 3 aromatic rings. The van der Waals surface area contributed by atoms with Gasteiger partial charge in [-0.25, -0.2) is 4.79 Å². The molecule has 1 atom stereocenters. The van der Waals surface area contributed by atoms with Crippen LogP contribution in [-0.2, 0) is 0 Å². The highest BCUT2D eigenvalue weighted by molar-refractivity contribution is 6.05. The summed E-state index contributed by atoms with van der Waals surface area (Å²) < 4.78 is 5.07. The lowest BCUT2D eigenvalue weighted by Gasteiger charge is -2.11. The number of anilines is 2. The molecule has 0 aliphatic rings. The van der Waals surface area contributed by atoms with Crippen LogP contribution < -0.4 is 16.0 Å². The molecular formula is C21H18N4O4. The Labute approximate surface area is 166 Å². The van der Waals surface area contributed by atoms with Gasteiger partial charge in [0.05, 0.1) is 24.4 Å². The van der Waals surface area contributed by atoms with Gasteiger partial charge in [-0.1, -0.05) is 12.1 Å². The Morgan fingerprint density at radius 1 is 1.03 bits per heavy atom. The number of carbonyl (C=O) groups is 2. The molecule has 0 radical (unpaired) electrons. The van der Waals surface area contributed by atoms with Gasteiger partial charge in [0.25, 0.3) is 5.91 Å². The van der Waals surface area contributed by atoms with Crippen LogP contribution in [-0.4, -0.2) is 23.6 Å². The number of nitrogens with zero attached hydrogens (tertiary/aromatic N) is 1. The van der Waals surface area contributed by atoms with E-state index < -0.39 is 12.1 Å². The number of hydrogen-bond acceptors (Lipinski definition) is 5. The van der Waals surface area contributed by atoms with Crippen molar-refractivity contribution in [2.45, 2.75) is 6.10 Å². The number of nitrogens with one attached hydrogen (secondary N) is 3. The van der Waals surface area contributed by atoms with E-state index in [0.717, 1.165) is 0 Å². The topological polar surface area (TPSA) is 127 Å². The summed E-state index contributed by atoms with van der Waals surface area (Å²) in [6.45, 7) is -0.0330. The van der Waals surface area contributed by atoms with Gasteiger partial charge in [0, 0.05) is 16.9 Å². The number of urea groups is 1. The molecule has 0 saturated heterocycles. The molecule has 0 saturated carbocycles. The Balaban J connectivity index is 1.57. The van der Waals surface area contributed by atoms with Gasteiger partial charge in [-0.15, -0.1) is 0 Å². The fourth-order valence-electron chi connectivity index (χ4n) is 2.55. The van der Waals surface area contributed by atoms with E-state index in [1.807, 2.05) is 6.07 Å². The third kappa shape index (κ3) is 5.45. The van der Waals surface area contributed by atoms with Crippen molar-refractivity contribution < 1.29 is 19.1 Å². The van der Waals surface area contributed by atoms with E-state index in [2.05, 4.69) is 16.0 Å². The molecule has 146 valence electrons. The molecule has 0 fully saturated rings. The number of amides is 3. The first-order valence-corrected chi connectivity index (χ1v) is 8.73. The smallest absolute Gasteiger partial charge is 0.319 e. The first-order valence-electron chi connectivity index (χ1n) is 8.73. The summed E-state index contributed by atoms with van der Waals surface area (Å²) in [7, 11) is 0. The summed E-state index contributed by atoms with van der Waals surface area (Å²) in [6.07, 6.45) is 0.475. The zero-order valence-corrected chi connectivity index (χ0v) is 15.3. The number of nitriles is 1. The summed E-state index contributed by atoms with van der Waals surface area (Å²) in [5.74, 6) is -0.0261. The molecule has 8 nitrogen and oxygen atoms in total. The maximum Gasteiger partial charge on any atom is 0.319 e. The van der Waals surface area contributed by atoms with E-state index in [-0.39, 0.29) is 12.5 Å². The average Bonchev–Trinajstić information content (AvgIpc) is 3.27. The molecule has 1 aromatic heterocycles. The molecule has 0 bridgehead atoms. The van der Waals surface area contributed by atoms with Gasteiger partial charge in [0.2, 0.25) is 0 Å². The predicted molar refractivity (Wildman–Crippen MR) is 106 cm³/mol. The van der Waals surface area contributed by atoms with Crippen molar-refractivity contribution in [2.24, 2.45) is 0 Å². The van der Waals surface area contributed by atoms with Crippen molar-refractivity contribution in [1.82, 2.24) is 5.32 Å². The lowest BCUT2D eigenvalue weighted by molar-refractivity contribution is 0.102. The number of benzene rings is 2. The summed E-state index contributed by atoms with van der Waals surface area (Å²) >= 11 is 0. The van der Waals surface area contributed by atoms with Crippen molar-refractivity contribution >= 4 is 23.3 Å². The second-order valence-electron chi connectivity index (χ2n) is 6.09. The standard InChI is InChI=1S/C21H18N4O4/c22-12-14-4-1-6-16(10-14)24-20(27)15-5-2-7-17(11-15)25-21(28)23-13-18(26)19-8-3-9-29-19/h1-11,18,26H,13H2,(H,24,27)(H2,23,25,28). The molecule has 8 heteroatoms. The first kappa shape index (κ1) is 19.7. The minimum absolute atomic E-state index is 0.0330. The van der Waals surface area contributed by atoms with Gasteiger partial charge in [-0.05, 0) is 48.5 Å². The second kappa shape index (κ2) is 9.21. The van der Waals surface area contributed by atoms with Crippen molar-refractivity contribution in [1.29, 1.82) is 5.26 Å².